The molecule has 0 aromatic carbocycles. The van der Waals surface area contributed by atoms with Crippen molar-refractivity contribution in [3.8, 4) is 11.8 Å². The molecule has 0 saturated heterocycles. The summed E-state index contributed by atoms with van der Waals surface area (Å²) < 4.78 is 0. The number of nitrogens with two attached hydrogens (primary N) is 1. The molecule has 2 N–H and O–H groups in total. The van der Waals surface area contributed by atoms with Crippen molar-refractivity contribution in [2.75, 3.05) is 0 Å². The molecule has 19 heavy (non-hydrogen) atoms. The zero-order chi connectivity index (χ0) is 13.9. The summed E-state index contributed by atoms with van der Waals surface area (Å²) in [4.78, 5) is 0. The summed E-state index contributed by atoms with van der Waals surface area (Å²) in [5.74, 6) is 8.07. The Morgan fingerprint density at radius 1 is 1.21 bits per heavy atom. The van der Waals surface area contributed by atoms with E-state index in [-0.39, 0.29) is 0 Å². The van der Waals surface area contributed by atoms with Crippen LogP contribution in [-0.4, -0.2) is 6.04 Å². The Labute approximate surface area is 120 Å². The van der Waals surface area contributed by atoms with Gasteiger partial charge in [0.25, 0.3) is 0 Å². The lowest BCUT2D eigenvalue weighted by Gasteiger charge is -2.10. The molecule has 0 amide bonds. The third-order valence-electron chi connectivity index (χ3n) is 4.32. The average molecular weight is 261 g/mol. The number of hydrogen-bond acceptors (Lipinski definition) is 1. The standard InChI is InChI=1S/C18H31N/c1-3-5-6-7-8-9-10-13-18(19)14-11-12-17-15-16(17)4-2/h3,16-18H,1,4,7-15,19H2,2H3. The zero-order valence-electron chi connectivity index (χ0n) is 12.7. The first-order valence-corrected chi connectivity index (χ1v) is 8.12. The summed E-state index contributed by atoms with van der Waals surface area (Å²) >= 11 is 0. The van der Waals surface area contributed by atoms with Gasteiger partial charge in [-0.3, -0.25) is 0 Å². The highest BCUT2D eigenvalue weighted by atomic mass is 14.6. The molecule has 1 heteroatoms. The van der Waals surface area contributed by atoms with E-state index in [1.165, 1.54) is 57.8 Å². The van der Waals surface area contributed by atoms with E-state index in [1.807, 2.05) is 0 Å². The third-order valence-corrected chi connectivity index (χ3v) is 4.32. The first-order chi connectivity index (χ1) is 9.27. The Kier molecular flexibility index (Phi) is 8.67. The lowest BCUT2D eigenvalue weighted by Crippen LogP contribution is -2.19. The molecule has 1 rings (SSSR count). The molecule has 1 saturated carbocycles. The Hall–Kier alpha value is -0.740. The van der Waals surface area contributed by atoms with Gasteiger partial charge in [0.05, 0.1) is 0 Å². The summed E-state index contributed by atoms with van der Waals surface area (Å²) in [6.07, 6.45) is 14.4. The van der Waals surface area contributed by atoms with Crippen LogP contribution in [0.15, 0.2) is 12.7 Å². The zero-order valence-corrected chi connectivity index (χ0v) is 12.7. The second kappa shape index (κ2) is 10.1. The molecule has 0 radical (unpaired) electrons. The van der Waals surface area contributed by atoms with Gasteiger partial charge in [0.1, 0.15) is 0 Å². The first kappa shape index (κ1) is 16.3. The fourth-order valence-corrected chi connectivity index (χ4v) is 2.89. The maximum Gasteiger partial charge on any atom is 0.00922 e. The smallest absolute Gasteiger partial charge is 0.00922 e. The topological polar surface area (TPSA) is 26.0 Å². The minimum absolute atomic E-state index is 0.429. The van der Waals surface area contributed by atoms with Gasteiger partial charge in [-0.1, -0.05) is 57.4 Å². The van der Waals surface area contributed by atoms with Crippen molar-refractivity contribution < 1.29 is 0 Å². The second-order valence-corrected chi connectivity index (χ2v) is 5.98. The van der Waals surface area contributed by atoms with Crippen LogP contribution in [0.3, 0.4) is 0 Å². The van der Waals surface area contributed by atoms with Crippen molar-refractivity contribution in [3.05, 3.63) is 12.7 Å². The van der Waals surface area contributed by atoms with Gasteiger partial charge in [0.15, 0.2) is 0 Å². The maximum atomic E-state index is 6.17. The number of hydrogen-bond donors (Lipinski definition) is 1. The molecule has 0 aliphatic heterocycles. The highest BCUT2D eigenvalue weighted by molar-refractivity contribution is 5.11. The van der Waals surface area contributed by atoms with E-state index in [9.17, 15) is 0 Å². The van der Waals surface area contributed by atoms with Crippen LogP contribution in [0.1, 0.15) is 71.1 Å². The van der Waals surface area contributed by atoms with E-state index in [0.717, 1.165) is 18.3 Å². The van der Waals surface area contributed by atoms with Crippen LogP contribution in [0.2, 0.25) is 0 Å². The molecule has 0 heterocycles. The van der Waals surface area contributed by atoms with E-state index >= 15 is 0 Å². The lowest BCUT2D eigenvalue weighted by atomic mass is 10.0. The van der Waals surface area contributed by atoms with Crippen molar-refractivity contribution >= 4 is 0 Å². The van der Waals surface area contributed by atoms with Crippen molar-refractivity contribution in [1.29, 1.82) is 0 Å². The predicted molar refractivity (Wildman–Crippen MR) is 84.8 cm³/mol. The van der Waals surface area contributed by atoms with Crippen LogP contribution in [0, 0.1) is 23.7 Å². The Balaban J connectivity index is 1.85. The average Bonchev–Trinajstić information content (AvgIpc) is 3.16. The van der Waals surface area contributed by atoms with Crippen molar-refractivity contribution in [2.24, 2.45) is 17.6 Å². The predicted octanol–water partition coefficient (Wildman–Crippen LogP) is 4.67. The highest BCUT2D eigenvalue weighted by Crippen LogP contribution is 2.44. The Bertz CT molecular complexity index is 297. The largest absolute Gasteiger partial charge is 0.328 e. The molecule has 0 bridgehead atoms. The van der Waals surface area contributed by atoms with Gasteiger partial charge in [-0.05, 0) is 43.6 Å². The van der Waals surface area contributed by atoms with Crippen molar-refractivity contribution in [3.63, 3.8) is 0 Å². The first-order valence-electron chi connectivity index (χ1n) is 8.12. The lowest BCUT2D eigenvalue weighted by molar-refractivity contribution is 0.484. The number of rotatable bonds is 10. The van der Waals surface area contributed by atoms with Gasteiger partial charge < -0.3 is 5.73 Å². The van der Waals surface area contributed by atoms with Crippen molar-refractivity contribution in [2.45, 2.75) is 77.2 Å². The molecule has 1 nitrogen and oxygen atoms in total. The third kappa shape index (κ3) is 8.11. The van der Waals surface area contributed by atoms with Crippen LogP contribution in [0.5, 0.6) is 0 Å². The Morgan fingerprint density at radius 2 is 2.00 bits per heavy atom. The monoisotopic (exact) mass is 261 g/mol. The molecule has 3 unspecified atom stereocenters. The summed E-state index contributed by atoms with van der Waals surface area (Å²) in [7, 11) is 0. The van der Waals surface area contributed by atoms with E-state index < -0.39 is 0 Å². The summed E-state index contributed by atoms with van der Waals surface area (Å²) in [5, 5.41) is 0. The summed E-state index contributed by atoms with van der Waals surface area (Å²) in [6, 6.07) is 0.429. The minimum atomic E-state index is 0.429. The van der Waals surface area contributed by atoms with Gasteiger partial charge >= 0.3 is 0 Å². The fraction of sp³-hybridized carbons (Fsp3) is 0.778. The van der Waals surface area contributed by atoms with Crippen LogP contribution in [0.25, 0.3) is 0 Å². The molecule has 0 spiro atoms. The van der Waals surface area contributed by atoms with Gasteiger partial charge in [-0.25, -0.2) is 0 Å². The number of unbranched alkanes of at least 4 members (excludes halogenated alkanes) is 3. The van der Waals surface area contributed by atoms with Gasteiger partial charge in [0.2, 0.25) is 0 Å². The molecule has 0 aromatic heterocycles. The van der Waals surface area contributed by atoms with E-state index in [2.05, 4.69) is 25.3 Å². The Morgan fingerprint density at radius 3 is 2.68 bits per heavy atom. The van der Waals surface area contributed by atoms with Gasteiger partial charge in [-0.15, -0.1) is 0 Å². The minimum Gasteiger partial charge on any atom is -0.328 e. The molecule has 1 aliphatic rings. The van der Waals surface area contributed by atoms with E-state index in [4.69, 9.17) is 5.73 Å². The van der Waals surface area contributed by atoms with E-state index in [1.54, 1.807) is 6.08 Å². The SMILES string of the molecule is C=CC#CCCCCCC(N)CCCC1CC1CC. The van der Waals surface area contributed by atoms with Gasteiger partial charge in [-0.2, -0.15) is 0 Å². The van der Waals surface area contributed by atoms with Crippen LogP contribution in [-0.2, 0) is 0 Å². The molecule has 3 atom stereocenters. The summed E-state index contributed by atoms with van der Waals surface area (Å²) in [5.41, 5.74) is 6.17. The maximum absolute atomic E-state index is 6.17. The van der Waals surface area contributed by atoms with Crippen molar-refractivity contribution in [1.82, 2.24) is 0 Å². The van der Waals surface area contributed by atoms with Crippen LogP contribution < -0.4 is 5.73 Å². The fourth-order valence-electron chi connectivity index (χ4n) is 2.89. The number of allylic oxidation sites excluding steroid dienone is 1. The molecule has 1 fully saturated rings. The second-order valence-electron chi connectivity index (χ2n) is 5.98. The molecule has 108 valence electrons. The molecule has 0 aromatic rings. The highest BCUT2D eigenvalue weighted by Gasteiger charge is 2.34. The summed E-state index contributed by atoms with van der Waals surface area (Å²) in [6.45, 7) is 5.90. The van der Waals surface area contributed by atoms with Crippen LogP contribution in [0.4, 0.5) is 0 Å². The molecular formula is C18H31N. The van der Waals surface area contributed by atoms with Crippen LogP contribution >= 0.6 is 0 Å². The molecular weight excluding hydrogens is 230 g/mol. The van der Waals surface area contributed by atoms with Gasteiger partial charge in [0, 0.05) is 12.5 Å². The quantitative estimate of drug-likeness (QED) is 0.449. The molecule has 1 aliphatic carbocycles. The van der Waals surface area contributed by atoms with E-state index in [0.29, 0.717) is 6.04 Å². The normalized spacial score (nSPS) is 22.4.